The summed E-state index contributed by atoms with van der Waals surface area (Å²) in [4.78, 5) is 39.1. The van der Waals surface area contributed by atoms with E-state index in [2.05, 4.69) is 11.4 Å². The first kappa shape index (κ1) is 25.5. The number of aryl methyl sites for hydroxylation is 1. The fourth-order valence-corrected chi connectivity index (χ4v) is 4.42. The number of rotatable bonds is 9. The summed E-state index contributed by atoms with van der Waals surface area (Å²) in [5.41, 5.74) is 2.58. The Bertz CT molecular complexity index is 1080. The van der Waals surface area contributed by atoms with Gasteiger partial charge in [0, 0.05) is 13.1 Å². The van der Waals surface area contributed by atoms with Crippen LogP contribution >= 0.6 is 0 Å². The van der Waals surface area contributed by atoms with E-state index in [0.29, 0.717) is 44.4 Å². The minimum Gasteiger partial charge on any atom is -0.490 e. The Hall–Kier alpha value is -3.59. The quantitative estimate of drug-likeness (QED) is 0.533. The van der Waals surface area contributed by atoms with Crippen molar-refractivity contribution in [2.24, 2.45) is 0 Å². The van der Waals surface area contributed by atoms with E-state index in [1.54, 1.807) is 17.9 Å². The lowest BCUT2D eigenvalue weighted by Crippen LogP contribution is -2.43. The van der Waals surface area contributed by atoms with Crippen molar-refractivity contribution < 1.29 is 33.3 Å². The maximum atomic E-state index is 12.6. The van der Waals surface area contributed by atoms with Crippen LogP contribution in [-0.2, 0) is 25.5 Å². The summed E-state index contributed by atoms with van der Waals surface area (Å²) in [7, 11) is 0. The van der Waals surface area contributed by atoms with E-state index in [1.165, 1.54) is 17.7 Å². The molecule has 4 rings (SSSR count). The smallest absolute Gasteiger partial charge is 0.338 e. The number of morpholine rings is 1. The highest BCUT2D eigenvalue weighted by molar-refractivity contribution is 5.92. The highest BCUT2D eigenvalue weighted by atomic mass is 16.5. The summed E-state index contributed by atoms with van der Waals surface area (Å²) in [5, 5.41) is 2.97. The van der Waals surface area contributed by atoms with Gasteiger partial charge in [-0.1, -0.05) is 24.3 Å². The predicted octanol–water partition coefficient (Wildman–Crippen LogP) is 2.67. The maximum Gasteiger partial charge on any atom is 0.338 e. The number of carbonyl (C=O) groups is 3. The lowest BCUT2D eigenvalue weighted by Gasteiger charge is -2.26. The first-order valence-corrected chi connectivity index (χ1v) is 12.3. The highest BCUT2D eigenvalue weighted by Gasteiger charge is 2.23. The van der Waals surface area contributed by atoms with Crippen LogP contribution in [0.4, 0.5) is 0 Å². The van der Waals surface area contributed by atoms with Crippen LogP contribution in [0.2, 0.25) is 0 Å². The van der Waals surface area contributed by atoms with Crippen LogP contribution in [0.5, 0.6) is 11.5 Å². The predicted molar refractivity (Wildman–Crippen MR) is 131 cm³/mol. The topological polar surface area (TPSA) is 103 Å². The van der Waals surface area contributed by atoms with Gasteiger partial charge in [0.05, 0.1) is 31.4 Å². The first-order valence-electron chi connectivity index (χ1n) is 12.3. The van der Waals surface area contributed by atoms with Crippen molar-refractivity contribution in [2.75, 3.05) is 46.1 Å². The molecule has 1 aliphatic carbocycles. The van der Waals surface area contributed by atoms with Crippen LogP contribution < -0.4 is 14.8 Å². The van der Waals surface area contributed by atoms with Gasteiger partial charge in [0.2, 0.25) is 0 Å². The molecule has 0 radical (unpaired) electrons. The Kier molecular flexibility index (Phi) is 8.78. The molecule has 36 heavy (non-hydrogen) atoms. The van der Waals surface area contributed by atoms with E-state index in [1.807, 2.05) is 18.2 Å². The molecule has 9 nitrogen and oxygen atoms in total. The third-order valence-corrected chi connectivity index (χ3v) is 6.23. The zero-order valence-electron chi connectivity index (χ0n) is 20.5. The number of hydrogen-bond donors (Lipinski definition) is 1. The van der Waals surface area contributed by atoms with Crippen LogP contribution in [0.25, 0.3) is 0 Å². The lowest BCUT2D eigenvalue weighted by atomic mass is 9.88. The molecular weight excluding hydrogens is 464 g/mol. The molecule has 0 spiro atoms. The first-order chi connectivity index (χ1) is 17.5. The molecule has 1 fully saturated rings. The van der Waals surface area contributed by atoms with E-state index in [9.17, 15) is 14.4 Å². The summed E-state index contributed by atoms with van der Waals surface area (Å²) in [6.07, 6.45) is 2.85. The van der Waals surface area contributed by atoms with Crippen LogP contribution in [0.15, 0.2) is 42.5 Å². The molecule has 1 atom stereocenters. The number of carbonyl (C=O) groups excluding carboxylic acids is 3. The maximum absolute atomic E-state index is 12.6. The average Bonchev–Trinajstić information content (AvgIpc) is 2.91. The monoisotopic (exact) mass is 496 g/mol. The van der Waals surface area contributed by atoms with Crippen LogP contribution in [0.3, 0.4) is 0 Å². The second-order valence-electron chi connectivity index (χ2n) is 8.66. The molecule has 1 aliphatic heterocycles. The van der Waals surface area contributed by atoms with Crippen molar-refractivity contribution in [2.45, 2.75) is 32.2 Å². The van der Waals surface area contributed by atoms with Crippen molar-refractivity contribution in [3.05, 3.63) is 59.2 Å². The minimum atomic E-state index is -0.647. The third-order valence-electron chi connectivity index (χ3n) is 6.23. The number of fused-ring (bicyclic) bond motifs is 1. The molecule has 1 saturated heterocycles. The Labute approximate surface area is 210 Å². The summed E-state index contributed by atoms with van der Waals surface area (Å²) in [5.74, 6) is -0.465. The normalized spacial score (nSPS) is 17.0. The molecule has 1 N–H and O–H groups in total. The van der Waals surface area contributed by atoms with Gasteiger partial charge in [-0.15, -0.1) is 0 Å². The zero-order chi connectivity index (χ0) is 25.3. The number of ether oxygens (including phenoxy) is 4. The van der Waals surface area contributed by atoms with Gasteiger partial charge in [0.25, 0.3) is 11.8 Å². The Morgan fingerprint density at radius 1 is 1.03 bits per heavy atom. The van der Waals surface area contributed by atoms with Gasteiger partial charge >= 0.3 is 5.97 Å². The number of amides is 2. The van der Waals surface area contributed by atoms with Gasteiger partial charge in [-0.05, 0) is 55.5 Å². The van der Waals surface area contributed by atoms with Crippen molar-refractivity contribution in [1.82, 2.24) is 10.2 Å². The molecule has 0 unspecified atom stereocenters. The van der Waals surface area contributed by atoms with Crippen LogP contribution in [0.1, 0.15) is 47.3 Å². The molecule has 2 amide bonds. The number of nitrogens with zero attached hydrogens (tertiary/aromatic N) is 1. The van der Waals surface area contributed by atoms with E-state index < -0.39 is 5.97 Å². The Balaban J connectivity index is 1.31. The second kappa shape index (κ2) is 12.4. The molecule has 9 heteroatoms. The molecule has 2 aliphatic rings. The summed E-state index contributed by atoms with van der Waals surface area (Å²) >= 11 is 0. The molecule has 0 saturated carbocycles. The number of hydrogen-bond acceptors (Lipinski definition) is 7. The van der Waals surface area contributed by atoms with Gasteiger partial charge in [-0.2, -0.15) is 0 Å². The fraction of sp³-hybridized carbons (Fsp3) is 0.444. The average molecular weight is 497 g/mol. The Morgan fingerprint density at radius 3 is 2.64 bits per heavy atom. The molecule has 1 heterocycles. The Morgan fingerprint density at radius 2 is 1.83 bits per heavy atom. The fourth-order valence-electron chi connectivity index (χ4n) is 4.42. The molecule has 2 aromatic rings. The standard InChI is InChI=1S/C27H32N2O7/c1-2-34-24-16-20(10-11-23(24)35-18-26(31)29-12-14-33-15-13-29)27(32)36-17-25(30)28-22-9-5-7-19-6-3-4-8-21(19)22/h3-4,6,8,10-11,16,22H,2,5,7,9,12-15,17-18H2,1H3,(H,28,30)/t22-/m1/s1. The largest absolute Gasteiger partial charge is 0.490 e. The summed E-state index contributed by atoms with van der Waals surface area (Å²) < 4.78 is 21.8. The van der Waals surface area contributed by atoms with Crippen molar-refractivity contribution in [3.8, 4) is 11.5 Å². The molecule has 2 aromatic carbocycles. The minimum absolute atomic E-state index is 0.0812. The van der Waals surface area contributed by atoms with Gasteiger partial charge < -0.3 is 29.2 Å². The number of benzene rings is 2. The van der Waals surface area contributed by atoms with E-state index in [4.69, 9.17) is 18.9 Å². The molecule has 192 valence electrons. The second-order valence-corrected chi connectivity index (χ2v) is 8.66. The zero-order valence-corrected chi connectivity index (χ0v) is 20.5. The van der Waals surface area contributed by atoms with Crippen molar-refractivity contribution >= 4 is 17.8 Å². The highest BCUT2D eigenvalue weighted by Crippen LogP contribution is 2.30. The molecular formula is C27H32N2O7. The van der Waals surface area contributed by atoms with Gasteiger partial charge in [0.15, 0.2) is 24.7 Å². The SMILES string of the molecule is CCOc1cc(C(=O)OCC(=O)N[C@@H]2CCCc3ccccc32)ccc1OCC(=O)N1CCOCC1. The van der Waals surface area contributed by atoms with E-state index >= 15 is 0 Å². The van der Waals surface area contributed by atoms with Crippen molar-refractivity contribution in [1.29, 1.82) is 0 Å². The van der Waals surface area contributed by atoms with Crippen molar-refractivity contribution in [3.63, 3.8) is 0 Å². The van der Waals surface area contributed by atoms with Gasteiger partial charge in [0.1, 0.15) is 0 Å². The van der Waals surface area contributed by atoms with E-state index in [0.717, 1.165) is 24.8 Å². The third kappa shape index (κ3) is 6.54. The summed E-state index contributed by atoms with van der Waals surface area (Å²) in [6.45, 7) is 3.72. The van der Waals surface area contributed by atoms with Gasteiger partial charge in [-0.25, -0.2) is 4.79 Å². The number of esters is 1. The summed E-state index contributed by atoms with van der Waals surface area (Å²) in [6, 6.07) is 12.6. The van der Waals surface area contributed by atoms with Crippen LogP contribution in [0, 0.1) is 0 Å². The van der Waals surface area contributed by atoms with Gasteiger partial charge in [-0.3, -0.25) is 9.59 Å². The lowest BCUT2D eigenvalue weighted by molar-refractivity contribution is -0.137. The molecule has 0 aromatic heterocycles. The van der Waals surface area contributed by atoms with Crippen LogP contribution in [-0.4, -0.2) is 68.8 Å². The number of nitrogens with one attached hydrogen (secondary N) is 1. The van der Waals surface area contributed by atoms with E-state index in [-0.39, 0.29) is 36.6 Å². The molecule has 0 bridgehead atoms.